The number of thioether (sulfide) groups is 1. The summed E-state index contributed by atoms with van der Waals surface area (Å²) in [5, 5.41) is 0.909. The lowest BCUT2D eigenvalue weighted by Crippen LogP contribution is -2.21. The van der Waals surface area contributed by atoms with Gasteiger partial charge in [-0.3, -0.25) is 9.36 Å². The fraction of sp³-hybridized carbons (Fsp3) is 0.0417. The number of hydrogen-bond acceptors (Lipinski definition) is 5. The molecule has 0 radical (unpaired) electrons. The number of oxazole rings is 1. The molecule has 0 aliphatic carbocycles. The molecule has 0 atom stereocenters. The molecule has 0 saturated carbocycles. The average Bonchev–Trinajstić information content (AvgIpc) is 3.28. The number of nitrogens with zero attached hydrogens (tertiary/aromatic N) is 3. The van der Waals surface area contributed by atoms with E-state index in [0.717, 1.165) is 0 Å². The molecule has 0 spiro atoms. The van der Waals surface area contributed by atoms with Crippen molar-refractivity contribution in [3.8, 4) is 17.1 Å². The van der Waals surface area contributed by atoms with E-state index in [1.54, 1.807) is 30.3 Å². The van der Waals surface area contributed by atoms with Crippen LogP contribution in [0.4, 0.5) is 8.78 Å². The number of rotatable bonds is 5. The van der Waals surface area contributed by atoms with E-state index in [1.165, 1.54) is 59.0 Å². The zero-order valence-corrected chi connectivity index (χ0v) is 17.4. The van der Waals surface area contributed by atoms with Crippen molar-refractivity contribution in [2.75, 3.05) is 0 Å². The topological polar surface area (TPSA) is 60.9 Å². The summed E-state index contributed by atoms with van der Waals surface area (Å²) in [4.78, 5) is 22.3. The Morgan fingerprint density at radius 2 is 1.72 bits per heavy atom. The van der Waals surface area contributed by atoms with E-state index in [4.69, 9.17) is 4.42 Å². The molecule has 3 aromatic carbocycles. The summed E-state index contributed by atoms with van der Waals surface area (Å²) in [6.07, 6.45) is 1.49. The van der Waals surface area contributed by atoms with E-state index in [-0.39, 0.29) is 11.4 Å². The summed E-state index contributed by atoms with van der Waals surface area (Å²) >= 11 is 1.30. The Morgan fingerprint density at radius 1 is 0.906 bits per heavy atom. The van der Waals surface area contributed by atoms with E-state index in [1.807, 2.05) is 6.07 Å². The van der Waals surface area contributed by atoms with E-state index in [9.17, 15) is 13.6 Å². The highest BCUT2D eigenvalue weighted by Crippen LogP contribution is 2.26. The molecular weight excluding hydrogens is 432 g/mol. The zero-order valence-electron chi connectivity index (χ0n) is 16.5. The van der Waals surface area contributed by atoms with Gasteiger partial charge in [0.2, 0.25) is 5.89 Å². The van der Waals surface area contributed by atoms with E-state index < -0.39 is 5.82 Å². The Labute approximate surface area is 185 Å². The van der Waals surface area contributed by atoms with Gasteiger partial charge >= 0.3 is 0 Å². The van der Waals surface area contributed by atoms with Crippen LogP contribution in [0.3, 0.4) is 0 Å². The van der Waals surface area contributed by atoms with Crippen LogP contribution in [0.25, 0.3) is 28.0 Å². The lowest BCUT2D eigenvalue weighted by Gasteiger charge is -2.12. The van der Waals surface area contributed by atoms with Crippen LogP contribution in [-0.2, 0) is 5.75 Å². The second-order valence-corrected chi connectivity index (χ2v) is 7.91. The Morgan fingerprint density at radius 3 is 2.53 bits per heavy atom. The molecule has 32 heavy (non-hydrogen) atoms. The maximum absolute atomic E-state index is 13.5. The van der Waals surface area contributed by atoms with Crippen LogP contribution in [0.5, 0.6) is 0 Å². The highest BCUT2D eigenvalue weighted by atomic mass is 32.2. The molecule has 5 rings (SSSR count). The molecule has 0 amide bonds. The smallest absolute Gasteiger partial charge is 0.266 e. The molecule has 0 saturated heterocycles. The summed E-state index contributed by atoms with van der Waals surface area (Å²) in [5.74, 6) is -0.0924. The molecule has 158 valence electrons. The molecular formula is C24H15F2N3O2S. The zero-order chi connectivity index (χ0) is 22.1. The van der Waals surface area contributed by atoms with Crippen LogP contribution in [0, 0.1) is 11.6 Å². The SMILES string of the molecule is O=c1c2ccccc2nc(SCc2coc(-c3cccc(F)c3)n2)n1-c1ccc(F)cc1. The molecule has 5 aromatic rings. The minimum atomic E-state index is -0.391. The van der Waals surface area contributed by atoms with Crippen molar-refractivity contribution >= 4 is 22.7 Å². The van der Waals surface area contributed by atoms with Gasteiger partial charge in [-0.25, -0.2) is 18.7 Å². The summed E-state index contributed by atoms with van der Waals surface area (Å²) in [7, 11) is 0. The fourth-order valence-corrected chi connectivity index (χ4v) is 4.18. The quantitative estimate of drug-likeness (QED) is 0.259. The summed E-state index contributed by atoms with van der Waals surface area (Å²) in [5.41, 5.74) is 1.98. The molecule has 2 heterocycles. The number of fused-ring (bicyclic) bond motifs is 1. The molecule has 0 N–H and O–H groups in total. The van der Waals surface area contributed by atoms with Crippen LogP contribution in [0.2, 0.25) is 0 Å². The summed E-state index contributed by atoms with van der Waals surface area (Å²) in [6.45, 7) is 0. The van der Waals surface area contributed by atoms with Crippen LogP contribution in [0.15, 0.2) is 93.4 Å². The van der Waals surface area contributed by atoms with E-state index in [2.05, 4.69) is 9.97 Å². The highest BCUT2D eigenvalue weighted by Gasteiger charge is 2.15. The van der Waals surface area contributed by atoms with Crippen molar-refractivity contribution in [3.05, 3.63) is 107 Å². The maximum atomic E-state index is 13.5. The predicted octanol–water partition coefficient (Wildman–Crippen LogP) is 5.61. The van der Waals surface area contributed by atoms with E-state index in [0.29, 0.717) is 44.6 Å². The molecule has 0 fully saturated rings. The molecule has 2 aromatic heterocycles. The molecule has 8 heteroatoms. The number of hydrogen-bond donors (Lipinski definition) is 0. The van der Waals surface area contributed by atoms with Gasteiger partial charge in [-0.15, -0.1) is 0 Å². The third-order valence-corrected chi connectivity index (χ3v) is 5.77. The van der Waals surface area contributed by atoms with Gasteiger partial charge < -0.3 is 4.42 Å². The number of halogens is 2. The van der Waals surface area contributed by atoms with Crippen LogP contribution < -0.4 is 5.56 Å². The number of para-hydroxylation sites is 1. The third-order valence-electron chi connectivity index (χ3n) is 4.80. The summed E-state index contributed by atoms with van der Waals surface area (Å²) in [6, 6.07) is 18.7. The van der Waals surface area contributed by atoms with Gasteiger partial charge in [-0.1, -0.05) is 30.0 Å². The largest absolute Gasteiger partial charge is 0.444 e. The maximum Gasteiger partial charge on any atom is 0.266 e. The van der Waals surface area contributed by atoms with Gasteiger partial charge in [0, 0.05) is 11.3 Å². The van der Waals surface area contributed by atoms with Crippen molar-refractivity contribution in [3.63, 3.8) is 0 Å². The summed E-state index contributed by atoms with van der Waals surface area (Å²) < 4.78 is 33.9. The second-order valence-electron chi connectivity index (χ2n) is 6.97. The monoisotopic (exact) mass is 447 g/mol. The lowest BCUT2D eigenvalue weighted by atomic mass is 10.2. The molecule has 0 bridgehead atoms. The first-order valence-electron chi connectivity index (χ1n) is 9.69. The molecule has 0 unspecified atom stereocenters. The Hall–Kier alpha value is -3.78. The Bertz CT molecular complexity index is 1480. The number of aromatic nitrogens is 3. The van der Waals surface area contributed by atoms with Crippen molar-refractivity contribution in [2.45, 2.75) is 10.9 Å². The highest BCUT2D eigenvalue weighted by molar-refractivity contribution is 7.98. The normalized spacial score (nSPS) is 11.2. The molecule has 0 aliphatic heterocycles. The van der Waals surface area contributed by atoms with Crippen LogP contribution >= 0.6 is 11.8 Å². The Kier molecular flexibility index (Phi) is 5.28. The number of benzene rings is 3. The molecule has 0 aliphatic rings. The van der Waals surface area contributed by atoms with Gasteiger partial charge in [0.05, 0.1) is 22.3 Å². The minimum absolute atomic E-state index is 0.245. The minimum Gasteiger partial charge on any atom is -0.444 e. The standard InChI is InChI=1S/C24H15F2N3O2S/c25-16-8-10-19(11-9-16)29-23(30)20-6-1-2-7-21(20)28-24(29)32-14-18-13-31-22(27-18)15-4-3-5-17(26)12-15/h1-13H,14H2. The van der Waals surface area contributed by atoms with Gasteiger partial charge in [-0.05, 0) is 54.6 Å². The van der Waals surface area contributed by atoms with Gasteiger partial charge in [0.25, 0.3) is 5.56 Å². The first kappa shape index (κ1) is 20.1. The first-order chi connectivity index (χ1) is 15.6. The fourth-order valence-electron chi connectivity index (χ4n) is 3.29. The van der Waals surface area contributed by atoms with Gasteiger partial charge in [0.1, 0.15) is 17.9 Å². The lowest BCUT2D eigenvalue weighted by molar-refractivity contribution is 0.571. The second kappa shape index (κ2) is 8.39. The first-order valence-corrected chi connectivity index (χ1v) is 10.7. The molecule has 5 nitrogen and oxygen atoms in total. The van der Waals surface area contributed by atoms with Crippen LogP contribution in [0.1, 0.15) is 5.69 Å². The van der Waals surface area contributed by atoms with Gasteiger partial charge in [-0.2, -0.15) is 0 Å². The van der Waals surface area contributed by atoms with Crippen molar-refractivity contribution in [1.82, 2.24) is 14.5 Å². The average molecular weight is 447 g/mol. The van der Waals surface area contributed by atoms with E-state index >= 15 is 0 Å². The van der Waals surface area contributed by atoms with Crippen molar-refractivity contribution < 1.29 is 13.2 Å². The Balaban J connectivity index is 1.51. The van der Waals surface area contributed by atoms with Gasteiger partial charge in [0.15, 0.2) is 5.16 Å². The van der Waals surface area contributed by atoms with Crippen LogP contribution in [-0.4, -0.2) is 14.5 Å². The third kappa shape index (κ3) is 3.92. The predicted molar refractivity (Wildman–Crippen MR) is 119 cm³/mol. The van der Waals surface area contributed by atoms with Crippen molar-refractivity contribution in [2.24, 2.45) is 0 Å². The van der Waals surface area contributed by atoms with Crippen molar-refractivity contribution in [1.29, 1.82) is 0 Å².